The van der Waals surface area contributed by atoms with Crippen molar-refractivity contribution >= 4 is 27.5 Å². The van der Waals surface area contributed by atoms with Gasteiger partial charge in [0.2, 0.25) is 23.0 Å². The largest absolute Gasteiger partial charge is 0.534 e. The molecular formula is C71H109F3N12O8S. The van der Waals surface area contributed by atoms with Gasteiger partial charge < -0.3 is 28.7 Å². The molecular weight excluding hydrogens is 1240 g/mol. The van der Waals surface area contributed by atoms with Crippen LogP contribution in [-0.2, 0) is 66.6 Å². The number of alkyl halides is 3. The number of fused-ring (bicyclic) bond motifs is 9. The van der Waals surface area contributed by atoms with Gasteiger partial charge in [0, 0.05) is 166 Å². The molecule has 13 rings (SSSR count). The quantitative estimate of drug-likeness (QED) is 0.0853. The van der Waals surface area contributed by atoms with Crippen LogP contribution < -0.4 is 9.74 Å². The van der Waals surface area contributed by atoms with Crippen LogP contribution in [0, 0.1) is 55.2 Å². The Morgan fingerprint density at radius 2 is 0.958 bits per heavy atom. The average Bonchev–Trinajstić information content (AvgIpc) is 0.735. The molecule has 24 heteroatoms. The fraction of sp³-hybridized carbons (Fsp3) is 0.366. The zero-order valence-corrected chi connectivity index (χ0v) is 53.5. The minimum Gasteiger partial charge on any atom is -0.392 e. The van der Waals surface area contributed by atoms with Crippen LogP contribution >= 0.6 is 0 Å². The van der Waals surface area contributed by atoms with E-state index in [1.54, 1.807) is 56.8 Å². The zero-order chi connectivity index (χ0) is 104. The lowest BCUT2D eigenvalue weighted by atomic mass is 9.58. The maximum absolute atomic E-state index is 13.1. The number of aliphatic hydroxyl groups is 1. The molecule has 7 aromatic rings. The van der Waals surface area contributed by atoms with Gasteiger partial charge >= 0.3 is 15.6 Å². The lowest BCUT2D eigenvalue weighted by molar-refractivity contribution is -0.122. The van der Waals surface area contributed by atoms with Gasteiger partial charge in [-0.1, -0.05) is 105 Å². The van der Waals surface area contributed by atoms with Gasteiger partial charge in [-0.25, -0.2) is 34.5 Å². The van der Waals surface area contributed by atoms with Crippen molar-refractivity contribution in [3.63, 3.8) is 0 Å². The summed E-state index contributed by atoms with van der Waals surface area (Å²) in [4.78, 5) is 99.0. The summed E-state index contributed by atoms with van der Waals surface area (Å²) in [6.07, 6.45) is 18.0. The molecule has 6 heterocycles. The maximum Gasteiger partial charge on any atom is 0.534 e. The van der Waals surface area contributed by atoms with Crippen molar-refractivity contribution in [3.8, 4) is 51.3 Å². The number of nitrogens with one attached hydrogen (secondary N) is 1. The number of halogens is 3. The Balaban J connectivity index is -0.000000139. The molecule has 20 nitrogen and oxygen atoms in total. The van der Waals surface area contributed by atoms with Gasteiger partial charge in [-0.2, -0.15) is 26.6 Å². The molecule has 1 aromatic carbocycles. The molecule has 0 spiro atoms. The number of aromatic nitrogens is 9. The highest BCUT2D eigenvalue weighted by molar-refractivity contribution is 7.88. The van der Waals surface area contributed by atoms with Gasteiger partial charge in [-0.3, -0.25) is 19.7 Å². The third-order valence-corrected chi connectivity index (χ3v) is 20.1. The second-order valence-corrected chi connectivity index (χ2v) is 25.9. The Hall–Kier alpha value is -10.1. The number of H-pyrrole nitrogens is 1. The number of aromatic amines is 1. The molecule has 6 aliphatic carbocycles. The number of hydrogen-bond donors (Lipinski definition) is 2. The number of benzene rings is 1. The number of aliphatic hydroxyl groups excluding tert-OH is 1. The first kappa shape index (κ1) is 48.6. The fourth-order valence-corrected chi connectivity index (χ4v) is 14.8. The lowest BCUT2D eigenvalue weighted by Crippen LogP contribution is -2.47. The smallest absolute Gasteiger partial charge is 0.392 e. The molecule has 2 N–H and O–H groups in total. The zero-order valence-electron chi connectivity index (χ0n) is 88.6. The van der Waals surface area contributed by atoms with E-state index < -0.39 is 43.7 Å². The number of carbonyl (C=O) groups excluding carboxylic acids is 3. The molecule has 95 heavy (non-hydrogen) atoms. The first-order chi connectivity index (χ1) is 62.8. The lowest BCUT2D eigenvalue weighted by Gasteiger charge is -2.46. The summed E-state index contributed by atoms with van der Waals surface area (Å²) >= 11 is 0. The summed E-state index contributed by atoms with van der Waals surface area (Å²) in [5.74, 6) is -1.38. The Morgan fingerprint density at radius 3 is 1.37 bits per heavy atom. The van der Waals surface area contributed by atoms with Crippen LogP contribution in [0.25, 0.3) is 60.0 Å². The normalized spacial score (nSPS) is 25.9. The highest BCUT2D eigenvalue weighted by Crippen LogP contribution is 2.54. The van der Waals surface area contributed by atoms with Crippen LogP contribution in [0.4, 0.5) is 13.2 Å². The molecule has 6 aromatic heterocycles. The number of Topliss-reactive ketones (excluding diaryl/α,β-unsaturated/α-hetero) is 3. The van der Waals surface area contributed by atoms with Crippen molar-refractivity contribution in [2.75, 3.05) is 0 Å². The average molecular weight is 1420 g/mol. The summed E-state index contributed by atoms with van der Waals surface area (Å²) in [5.41, 5.74) is 0.595. The van der Waals surface area contributed by atoms with Crippen molar-refractivity contribution in [1.29, 1.82) is 0 Å². The molecule has 0 saturated heterocycles. The Kier molecular flexibility index (Phi) is 13.9. The van der Waals surface area contributed by atoms with Crippen molar-refractivity contribution < 1.29 is 102 Å². The summed E-state index contributed by atoms with van der Waals surface area (Å²) in [6.45, 7) is 37.6. The minimum atomic E-state index is -5.99. The monoisotopic (exact) mass is 1420 g/mol. The van der Waals surface area contributed by atoms with Crippen molar-refractivity contribution in [2.45, 2.75) is 130 Å². The van der Waals surface area contributed by atoms with Gasteiger partial charge in [0.15, 0.2) is 29.0 Å². The van der Waals surface area contributed by atoms with Crippen LogP contribution in [0.5, 0.6) is 5.88 Å². The van der Waals surface area contributed by atoms with E-state index in [2.05, 4.69) is 55.5 Å². The summed E-state index contributed by atoms with van der Waals surface area (Å²) in [7, 11) is -5.99. The van der Waals surface area contributed by atoms with E-state index in [9.17, 15) is 45.9 Å². The molecule has 0 radical (unpaired) electrons. The molecule has 0 unspecified atom stereocenters. The van der Waals surface area contributed by atoms with Crippen LogP contribution in [0.3, 0.4) is 0 Å². The van der Waals surface area contributed by atoms with E-state index in [1.165, 1.54) is 30.6 Å². The van der Waals surface area contributed by atoms with Gasteiger partial charge in [0.05, 0.1) is 49.1 Å². The van der Waals surface area contributed by atoms with Crippen molar-refractivity contribution in [3.05, 3.63) is 217 Å². The Bertz CT molecular complexity index is 4700. The summed E-state index contributed by atoms with van der Waals surface area (Å²) < 4.78 is 247. The minimum absolute atomic E-state index is 0. The second kappa shape index (κ2) is 27.1. The topological polar surface area (TPSA) is 264 Å². The van der Waals surface area contributed by atoms with Crippen LogP contribution in [0.1, 0.15) is 178 Å². The van der Waals surface area contributed by atoms with Crippen LogP contribution in [-0.4, -0.2) is 81.2 Å². The third-order valence-electron chi connectivity index (χ3n) is 19.1. The van der Waals surface area contributed by atoms with E-state index in [1.807, 2.05) is 77.1 Å². The van der Waals surface area contributed by atoms with Crippen molar-refractivity contribution in [1.82, 2.24) is 44.9 Å². The van der Waals surface area contributed by atoms with E-state index in [0.717, 1.165) is 58.5 Å². The predicted molar refractivity (Wildman–Crippen MR) is 390 cm³/mol. The predicted octanol–water partition coefficient (Wildman–Crippen LogP) is 17.4. The number of nitrogens with zero attached hydrogens (tertiary/aromatic N) is 11. The molecule has 0 amide bonds. The maximum atomic E-state index is 13.1. The molecule has 528 valence electrons. The molecule has 6 aliphatic rings. The van der Waals surface area contributed by atoms with Gasteiger partial charge in [0.25, 0.3) is 5.56 Å². The fourth-order valence-electron chi connectivity index (χ4n) is 14.3. The molecule has 0 aliphatic heterocycles. The van der Waals surface area contributed by atoms with Gasteiger partial charge in [-0.05, 0) is 98.2 Å². The number of pyridine rings is 3. The standard InChI is InChI=1S/C27H24N4O2.C21H17F3N4O4S.C20H18N4O2.C2H6.CH4.20H2/c1-16-21-9-8-20-23(18-6-4-17(15-32)5-7-18)30-26(19-10-12-29-13-11-19)31-25(20)27(21,2)14-22(28-3)24(16)33;1-11-14-5-4-13-17(20(14,2)10-15(25-3)16(11)29)27-18(12-6-8-26-9-7-12)28-19(13)32-33(30,31)21(22,23)24;1-11-14-5-4-13-17(20(14,2)10-15(21-3)16(11)25)23-18(24-19(13)26)12-6-8-22-9-7-12;1-2;;;;;;;;;;;;;;;;;;;;;/h4-7,10-14,16,21,32H,8-9,15H2,1-2H3;6-11,14H,4-5H2,1-2H3;6-11,14H,4-5H2,1-2H3,(H,23,24,26);1-2H3;1H4;20*1H/t16-,21-,27-;2*11-,14-,20-;;;;;;;;;;;;;;;;;;;;;;/m111....................../s1/i;;;;;18*1+2T;2*1+2. The van der Waals surface area contributed by atoms with E-state index in [4.69, 9.17) is 88.1 Å². The highest BCUT2D eigenvalue weighted by Gasteiger charge is 2.54. The van der Waals surface area contributed by atoms with Gasteiger partial charge in [-0.15, -0.1) is 0 Å². The van der Waals surface area contributed by atoms with E-state index in [-0.39, 0.29) is 110 Å². The Morgan fingerprint density at radius 1 is 0.579 bits per heavy atom. The van der Waals surface area contributed by atoms with Crippen LogP contribution in [0.15, 0.2) is 138 Å². The number of carbonyl (C=O) groups is 3. The summed E-state index contributed by atoms with van der Waals surface area (Å²) in [6, 6.07) is 18.1. The summed E-state index contributed by atoms with van der Waals surface area (Å²) in [5, 5.41) is 9.45. The first-order valence-corrected chi connectivity index (χ1v) is 32.0. The Labute approximate surface area is 607 Å². The van der Waals surface area contributed by atoms with Gasteiger partial charge in [0.1, 0.15) is 5.82 Å². The second-order valence-electron chi connectivity index (χ2n) is 24.4. The number of ketones is 3. The molecule has 0 bridgehead atoms. The van der Waals surface area contributed by atoms with Crippen LogP contribution in [0.2, 0.25) is 0 Å². The van der Waals surface area contributed by atoms with E-state index >= 15 is 0 Å². The number of allylic oxidation sites excluding steroid dienone is 6. The highest BCUT2D eigenvalue weighted by atomic mass is 32.2. The number of hydrogen-bond acceptors (Lipinski definition) is 16. The third kappa shape index (κ3) is 12.5. The van der Waals surface area contributed by atoms with Crippen molar-refractivity contribution in [2.24, 2.45) is 35.5 Å². The first-order valence-electron chi connectivity index (χ1n) is 48.6. The van der Waals surface area contributed by atoms with E-state index in [0.29, 0.717) is 41.3 Å². The molecule has 0 fully saturated rings. The number of rotatable bonds is 7. The molecule has 9 atom stereocenters. The SMILES string of the molecule is C.CC.[3HH].[3HH].[3H][3H].[3H][3H].[3H][3H].[3H][3H].[3H][3H].[3H][3H].[3H][3H].[3H][3H].[3H][3H].[3H][3H].[3H][3H].[3H][3H].[3H][3H].[3H][3H].[3H][3H].[3H][3H].[3H][3H].[3H][3H].[C-]#[N+]C1=C[C@@]2(C)c3nc(-c4ccncc4)[nH]c(=O)c3CC[C@@H]2[C@@H](C)C1=O.[C-]#[N+]C1=C[C@@]2(C)c3nc(-c4ccncc4)nc(-c4ccc(CO)cc4)c3CC[C@@H]2[C@@H](C)C1=O.[C-]#[N+]C1=C[C@@]2(C)c3nc(-c4ccncc4)nc(OS(=O)(=O)C(F)(F)F)c3CC[C@@H]2[C@@H](C)C1=O. The molecule has 0 saturated carbocycles.